The fourth-order valence-corrected chi connectivity index (χ4v) is 2.07. The van der Waals surface area contributed by atoms with Gasteiger partial charge >= 0.3 is 0 Å². The van der Waals surface area contributed by atoms with Gasteiger partial charge in [-0.25, -0.2) is 9.97 Å². The highest BCUT2D eigenvalue weighted by Crippen LogP contribution is 2.17. The van der Waals surface area contributed by atoms with Crippen LogP contribution in [0.3, 0.4) is 0 Å². The molecule has 0 spiro atoms. The van der Waals surface area contributed by atoms with E-state index in [9.17, 15) is 4.79 Å². The van der Waals surface area contributed by atoms with Gasteiger partial charge in [-0.3, -0.25) is 4.79 Å². The smallest absolute Gasteiger partial charge is 0.270 e. The van der Waals surface area contributed by atoms with E-state index in [4.69, 9.17) is 0 Å². The number of carbonyl (C=O) groups excluding carboxylic acids is 1. The minimum Gasteiger partial charge on any atom is -0.346 e. The summed E-state index contributed by atoms with van der Waals surface area (Å²) in [6, 6.07) is 9.33. The van der Waals surface area contributed by atoms with Crippen LogP contribution in [0.15, 0.2) is 34.8 Å². The predicted octanol–water partition coefficient (Wildman–Crippen LogP) is 3.82. The van der Waals surface area contributed by atoms with Gasteiger partial charge in [-0.1, -0.05) is 15.9 Å². The highest BCUT2D eigenvalue weighted by Gasteiger charge is 2.17. The zero-order valence-electron chi connectivity index (χ0n) is 13.1. The molecule has 0 fully saturated rings. The lowest BCUT2D eigenvalue weighted by atomic mass is 10.1. The lowest BCUT2D eigenvalue weighted by Gasteiger charge is -2.20. The Morgan fingerprint density at radius 2 is 1.77 bits per heavy atom. The van der Waals surface area contributed by atoms with Gasteiger partial charge in [0.15, 0.2) is 0 Å². The van der Waals surface area contributed by atoms with Crippen LogP contribution in [0.2, 0.25) is 0 Å². The molecular weight excluding hydrogens is 344 g/mol. The van der Waals surface area contributed by atoms with Gasteiger partial charge in [-0.2, -0.15) is 0 Å². The van der Waals surface area contributed by atoms with Crippen LogP contribution in [0.4, 0.5) is 11.6 Å². The number of nitrogens with zero attached hydrogens (tertiary/aromatic N) is 2. The summed E-state index contributed by atoms with van der Waals surface area (Å²) in [5, 5.41) is 6.01. The standard InChI is InChI=1S/C16H19BrN4O/c1-10-9-13(14(22)21-16(2,3)4)20-15(18-10)19-12-7-5-11(17)6-8-12/h5-9H,1-4H3,(H,21,22)(H,18,19,20). The first-order chi connectivity index (χ1) is 10.2. The molecule has 2 aromatic rings. The molecule has 0 aliphatic carbocycles. The van der Waals surface area contributed by atoms with Crippen molar-refractivity contribution in [3.8, 4) is 0 Å². The molecular formula is C16H19BrN4O. The number of rotatable bonds is 3. The van der Waals surface area contributed by atoms with E-state index in [0.717, 1.165) is 15.9 Å². The third-order valence-electron chi connectivity index (χ3n) is 2.68. The maximum atomic E-state index is 12.2. The largest absolute Gasteiger partial charge is 0.346 e. The molecule has 1 amide bonds. The molecule has 0 aliphatic rings. The maximum Gasteiger partial charge on any atom is 0.270 e. The maximum absolute atomic E-state index is 12.2. The Labute approximate surface area is 138 Å². The van der Waals surface area contributed by atoms with Crippen molar-refractivity contribution < 1.29 is 4.79 Å². The normalized spacial score (nSPS) is 11.1. The van der Waals surface area contributed by atoms with Crippen LogP contribution in [0.1, 0.15) is 37.0 Å². The van der Waals surface area contributed by atoms with Crippen molar-refractivity contribution in [2.24, 2.45) is 0 Å². The van der Waals surface area contributed by atoms with E-state index in [0.29, 0.717) is 11.6 Å². The SMILES string of the molecule is Cc1cc(C(=O)NC(C)(C)C)nc(Nc2ccc(Br)cc2)n1. The van der Waals surface area contributed by atoms with Gasteiger partial charge in [0, 0.05) is 21.4 Å². The topological polar surface area (TPSA) is 66.9 Å². The van der Waals surface area contributed by atoms with Crippen molar-refractivity contribution in [1.82, 2.24) is 15.3 Å². The Bertz CT molecular complexity index is 678. The van der Waals surface area contributed by atoms with Crippen LogP contribution in [-0.2, 0) is 0 Å². The van der Waals surface area contributed by atoms with Crippen LogP contribution in [0.25, 0.3) is 0 Å². The predicted molar refractivity (Wildman–Crippen MR) is 91.4 cm³/mol. The number of carbonyl (C=O) groups is 1. The molecule has 0 saturated carbocycles. The Balaban J connectivity index is 2.23. The molecule has 2 rings (SSSR count). The van der Waals surface area contributed by atoms with Crippen molar-refractivity contribution in [2.75, 3.05) is 5.32 Å². The van der Waals surface area contributed by atoms with E-state index in [1.165, 1.54) is 0 Å². The van der Waals surface area contributed by atoms with E-state index in [-0.39, 0.29) is 11.4 Å². The second-order valence-electron chi connectivity index (χ2n) is 6.05. The van der Waals surface area contributed by atoms with E-state index in [1.807, 2.05) is 52.0 Å². The monoisotopic (exact) mass is 362 g/mol. The molecule has 0 aliphatic heterocycles. The van der Waals surface area contributed by atoms with Crippen molar-refractivity contribution in [1.29, 1.82) is 0 Å². The lowest BCUT2D eigenvalue weighted by molar-refractivity contribution is 0.0914. The van der Waals surface area contributed by atoms with Crippen molar-refractivity contribution in [2.45, 2.75) is 33.2 Å². The van der Waals surface area contributed by atoms with Crippen LogP contribution in [0, 0.1) is 6.92 Å². The average molecular weight is 363 g/mol. The summed E-state index contributed by atoms with van der Waals surface area (Å²) in [5.74, 6) is 0.193. The number of amides is 1. The summed E-state index contributed by atoms with van der Waals surface area (Å²) in [5.41, 5.74) is 1.63. The summed E-state index contributed by atoms with van der Waals surface area (Å²) in [4.78, 5) is 20.8. The summed E-state index contributed by atoms with van der Waals surface area (Å²) >= 11 is 3.39. The van der Waals surface area contributed by atoms with Gasteiger partial charge in [-0.15, -0.1) is 0 Å². The minimum atomic E-state index is -0.310. The van der Waals surface area contributed by atoms with Crippen LogP contribution in [0.5, 0.6) is 0 Å². The van der Waals surface area contributed by atoms with Crippen LogP contribution >= 0.6 is 15.9 Å². The number of hydrogen-bond acceptors (Lipinski definition) is 4. The molecule has 0 unspecified atom stereocenters. The quantitative estimate of drug-likeness (QED) is 0.870. The number of aromatic nitrogens is 2. The third-order valence-corrected chi connectivity index (χ3v) is 3.20. The molecule has 1 heterocycles. The second-order valence-corrected chi connectivity index (χ2v) is 6.97. The van der Waals surface area contributed by atoms with E-state index >= 15 is 0 Å². The number of halogens is 1. The van der Waals surface area contributed by atoms with Crippen LogP contribution < -0.4 is 10.6 Å². The first-order valence-electron chi connectivity index (χ1n) is 6.94. The summed E-state index contributed by atoms with van der Waals surface area (Å²) in [6.45, 7) is 7.63. The van der Waals surface area contributed by atoms with Gasteiger partial charge in [-0.05, 0) is 58.0 Å². The average Bonchev–Trinajstić information content (AvgIpc) is 2.39. The summed E-state index contributed by atoms with van der Waals surface area (Å²) in [7, 11) is 0. The van der Waals surface area contributed by atoms with Gasteiger partial charge in [0.25, 0.3) is 5.91 Å². The van der Waals surface area contributed by atoms with Crippen molar-refractivity contribution in [3.05, 3.63) is 46.2 Å². The van der Waals surface area contributed by atoms with E-state index in [1.54, 1.807) is 6.07 Å². The fourth-order valence-electron chi connectivity index (χ4n) is 1.81. The van der Waals surface area contributed by atoms with E-state index < -0.39 is 0 Å². The van der Waals surface area contributed by atoms with Gasteiger partial charge in [0.05, 0.1) is 0 Å². The molecule has 0 saturated heterocycles. The summed E-state index contributed by atoms with van der Waals surface area (Å²) < 4.78 is 0.994. The summed E-state index contributed by atoms with van der Waals surface area (Å²) in [6.07, 6.45) is 0. The Hall–Kier alpha value is -1.95. The highest BCUT2D eigenvalue weighted by atomic mass is 79.9. The Morgan fingerprint density at radius 1 is 1.14 bits per heavy atom. The number of hydrogen-bond donors (Lipinski definition) is 2. The number of anilines is 2. The molecule has 0 radical (unpaired) electrons. The Kier molecular flexibility index (Phi) is 4.81. The molecule has 6 heteroatoms. The van der Waals surface area contributed by atoms with E-state index in [2.05, 4.69) is 36.5 Å². The van der Waals surface area contributed by atoms with Crippen molar-refractivity contribution >= 4 is 33.5 Å². The molecule has 0 atom stereocenters. The lowest BCUT2D eigenvalue weighted by Crippen LogP contribution is -2.41. The Morgan fingerprint density at radius 3 is 2.36 bits per heavy atom. The number of aryl methyl sites for hydroxylation is 1. The molecule has 116 valence electrons. The first-order valence-corrected chi connectivity index (χ1v) is 7.73. The fraction of sp³-hybridized carbons (Fsp3) is 0.312. The number of benzene rings is 1. The van der Waals surface area contributed by atoms with Gasteiger partial charge in [0.1, 0.15) is 5.69 Å². The molecule has 22 heavy (non-hydrogen) atoms. The third kappa shape index (κ3) is 4.80. The van der Waals surface area contributed by atoms with Gasteiger partial charge in [0.2, 0.25) is 5.95 Å². The minimum absolute atomic E-state index is 0.211. The van der Waals surface area contributed by atoms with Gasteiger partial charge < -0.3 is 10.6 Å². The molecule has 5 nitrogen and oxygen atoms in total. The molecule has 1 aromatic carbocycles. The molecule has 1 aromatic heterocycles. The zero-order valence-corrected chi connectivity index (χ0v) is 14.7. The zero-order chi connectivity index (χ0) is 16.3. The molecule has 2 N–H and O–H groups in total. The first kappa shape index (κ1) is 16.4. The van der Waals surface area contributed by atoms with Crippen LogP contribution in [-0.4, -0.2) is 21.4 Å². The molecule has 0 bridgehead atoms. The number of nitrogens with one attached hydrogen (secondary N) is 2. The second kappa shape index (κ2) is 6.44. The van der Waals surface area contributed by atoms with Crippen molar-refractivity contribution in [3.63, 3.8) is 0 Å². The highest BCUT2D eigenvalue weighted by molar-refractivity contribution is 9.10.